The van der Waals surface area contributed by atoms with Crippen molar-refractivity contribution < 1.29 is 0 Å². The zero-order valence-electron chi connectivity index (χ0n) is 5.46. The quantitative estimate of drug-likeness (QED) is 0.676. The Bertz CT molecular complexity index is 394. The highest BCUT2D eigenvalue weighted by molar-refractivity contribution is 9.11. The van der Waals surface area contributed by atoms with Crippen LogP contribution in [0.1, 0.15) is 0 Å². The van der Waals surface area contributed by atoms with Crippen LogP contribution in [0.3, 0.4) is 0 Å². The molecule has 2 aromatic heterocycles. The van der Waals surface area contributed by atoms with Gasteiger partial charge >= 0.3 is 0 Å². The van der Waals surface area contributed by atoms with Gasteiger partial charge in [0.2, 0.25) is 0 Å². The van der Waals surface area contributed by atoms with E-state index in [9.17, 15) is 0 Å². The van der Waals surface area contributed by atoms with Crippen molar-refractivity contribution in [2.75, 3.05) is 0 Å². The topological polar surface area (TPSA) is 17.3 Å². The van der Waals surface area contributed by atoms with E-state index < -0.39 is 0 Å². The number of hydrogen-bond acceptors (Lipinski definition) is 1. The van der Waals surface area contributed by atoms with E-state index >= 15 is 0 Å². The molecule has 4 heteroatoms. The van der Waals surface area contributed by atoms with Crippen LogP contribution in [0.15, 0.2) is 33.7 Å². The summed E-state index contributed by atoms with van der Waals surface area (Å²) in [5.41, 5.74) is 1.08. The van der Waals surface area contributed by atoms with E-state index in [0.29, 0.717) is 0 Å². The fourth-order valence-corrected chi connectivity index (χ4v) is 2.26. The van der Waals surface area contributed by atoms with Crippen molar-refractivity contribution in [1.29, 1.82) is 0 Å². The summed E-state index contributed by atoms with van der Waals surface area (Å²) in [6.45, 7) is 0. The SMILES string of the molecule is Brc1cc(Br)n2cncc2c1. The molecule has 56 valence electrons. The highest BCUT2D eigenvalue weighted by Gasteiger charge is 1.98. The minimum atomic E-state index is 0.999. The van der Waals surface area contributed by atoms with Gasteiger partial charge in [-0.25, -0.2) is 4.98 Å². The highest BCUT2D eigenvalue weighted by Crippen LogP contribution is 2.20. The fraction of sp³-hybridized carbons (Fsp3) is 0. The normalized spacial score (nSPS) is 10.7. The molecule has 2 aromatic rings. The van der Waals surface area contributed by atoms with Crippen LogP contribution in [0.2, 0.25) is 0 Å². The Labute approximate surface area is 80.5 Å². The molecule has 0 unspecified atom stereocenters. The molecule has 2 nitrogen and oxygen atoms in total. The molecule has 0 aliphatic rings. The van der Waals surface area contributed by atoms with E-state index in [1.807, 2.05) is 22.7 Å². The Balaban J connectivity index is 2.91. The highest BCUT2D eigenvalue weighted by atomic mass is 79.9. The first-order valence-corrected chi connectivity index (χ1v) is 4.63. The van der Waals surface area contributed by atoms with Gasteiger partial charge in [0.05, 0.1) is 16.3 Å². The predicted molar refractivity (Wildman–Crippen MR) is 50.6 cm³/mol. The number of pyridine rings is 1. The molecule has 0 N–H and O–H groups in total. The van der Waals surface area contributed by atoms with E-state index in [4.69, 9.17) is 0 Å². The van der Waals surface area contributed by atoms with Gasteiger partial charge < -0.3 is 0 Å². The Hall–Kier alpha value is -0.350. The number of rotatable bonds is 0. The first-order valence-electron chi connectivity index (χ1n) is 3.04. The van der Waals surface area contributed by atoms with Crippen molar-refractivity contribution in [1.82, 2.24) is 9.38 Å². The lowest BCUT2D eigenvalue weighted by atomic mass is 10.4. The van der Waals surface area contributed by atoms with Crippen molar-refractivity contribution >= 4 is 37.4 Å². The number of hydrogen-bond donors (Lipinski definition) is 0. The van der Waals surface area contributed by atoms with Crippen LogP contribution in [0.25, 0.3) is 5.52 Å². The van der Waals surface area contributed by atoms with Gasteiger partial charge in [-0.3, -0.25) is 4.40 Å². The lowest BCUT2D eigenvalue weighted by molar-refractivity contribution is 1.11. The van der Waals surface area contributed by atoms with E-state index in [-0.39, 0.29) is 0 Å². The third-order valence-electron chi connectivity index (χ3n) is 1.44. The molecule has 0 bridgehead atoms. The Morgan fingerprint density at radius 2 is 2.09 bits per heavy atom. The predicted octanol–water partition coefficient (Wildman–Crippen LogP) is 2.86. The fourth-order valence-electron chi connectivity index (χ4n) is 0.957. The van der Waals surface area contributed by atoms with Gasteiger partial charge in [-0.1, -0.05) is 15.9 Å². The summed E-state index contributed by atoms with van der Waals surface area (Å²) in [6, 6.07) is 3.99. The summed E-state index contributed by atoms with van der Waals surface area (Å²) in [5, 5.41) is 0. The van der Waals surface area contributed by atoms with Crippen LogP contribution >= 0.6 is 31.9 Å². The second-order valence-electron chi connectivity index (χ2n) is 2.18. The van der Waals surface area contributed by atoms with Gasteiger partial charge in [0.25, 0.3) is 0 Å². The summed E-state index contributed by atoms with van der Waals surface area (Å²) >= 11 is 6.82. The monoisotopic (exact) mass is 274 g/mol. The Kier molecular flexibility index (Phi) is 1.73. The van der Waals surface area contributed by atoms with Crippen LogP contribution in [-0.2, 0) is 0 Å². The molecule has 0 spiro atoms. The molecular formula is C7H4Br2N2. The van der Waals surface area contributed by atoms with Crippen LogP contribution in [-0.4, -0.2) is 9.38 Å². The van der Waals surface area contributed by atoms with Crippen molar-refractivity contribution in [3.8, 4) is 0 Å². The number of nitrogens with zero attached hydrogens (tertiary/aromatic N) is 2. The van der Waals surface area contributed by atoms with Crippen molar-refractivity contribution in [3.05, 3.63) is 33.7 Å². The molecule has 0 aliphatic carbocycles. The summed E-state index contributed by atoms with van der Waals surface area (Å²) in [5.74, 6) is 0. The number of aromatic nitrogens is 2. The minimum absolute atomic E-state index is 0.999. The maximum Gasteiger partial charge on any atom is 0.100 e. The third-order valence-corrected chi connectivity index (χ3v) is 2.51. The largest absolute Gasteiger partial charge is 0.293 e. The molecule has 0 atom stereocenters. The van der Waals surface area contributed by atoms with Crippen LogP contribution in [0, 0.1) is 0 Å². The molecule has 0 saturated heterocycles. The van der Waals surface area contributed by atoms with Gasteiger partial charge in [0.1, 0.15) is 6.33 Å². The molecule has 0 radical (unpaired) electrons. The average molecular weight is 276 g/mol. The number of imidazole rings is 1. The third kappa shape index (κ3) is 1.20. The summed E-state index contributed by atoms with van der Waals surface area (Å²) in [6.07, 6.45) is 3.58. The number of halogens is 2. The summed E-state index contributed by atoms with van der Waals surface area (Å²) < 4.78 is 4.02. The van der Waals surface area contributed by atoms with Crippen molar-refractivity contribution in [2.45, 2.75) is 0 Å². The maximum atomic E-state index is 4.02. The summed E-state index contributed by atoms with van der Waals surface area (Å²) in [7, 11) is 0. The van der Waals surface area contributed by atoms with Crippen LogP contribution in [0.4, 0.5) is 0 Å². The minimum Gasteiger partial charge on any atom is -0.293 e. The van der Waals surface area contributed by atoms with Crippen LogP contribution in [0.5, 0.6) is 0 Å². The van der Waals surface area contributed by atoms with E-state index in [1.54, 1.807) is 6.33 Å². The molecule has 2 rings (SSSR count). The second-order valence-corrected chi connectivity index (χ2v) is 3.91. The average Bonchev–Trinajstić information content (AvgIpc) is 2.34. The van der Waals surface area contributed by atoms with Gasteiger partial charge in [-0.15, -0.1) is 0 Å². The van der Waals surface area contributed by atoms with E-state index in [2.05, 4.69) is 36.8 Å². The molecule has 0 aliphatic heterocycles. The second kappa shape index (κ2) is 2.60. The Morgan fingerprint density at radius 3 is 2.91 bits per heavy atom. The molecule has 2 heterocycles. The molecule has 0 saturated carbocycles. The van der Waals surface area contributed by atoms with Gasteiger partial charge in [-0.2, -0.15) is 0 Å². The zero-order chi connectivity index (χ0) is 7.84. The first-order chi connectivity index (χ1) is 5.27. The van der Waals surface area contributed by atoms with Gasteiger partial charge in [0.15, 0.2) is 0 Å². The maximum absolute atomic E-state index is 4.02. The van der Waals surface area contributed by atoms with Gasteiger partial charge in [-0.05, 0) is 28.1 Å². The standard InChI is InChI=1S/C7H4Br2N2/c8-5-1-6-3-10-4-11(6)7(9)2-5/h1-4H. The van der Waals surface area contributed by atoms with Gasteiger partial charge in [0, 0.05) is 4.47 Å². The van der Waals surface area contributed by atoms with Crippen molar-refractivity contribution in [3.63, 3.8) is 0 Å². The Morgan fingerprint density at radius 1 is 1.27 bits per heavy atom. The first kappa shape index (κ1) is 7.31. The van der Waals surface area contributed by atoms with Crippen molar-refractivity contribution in [2.24, 2.45) is 0 Å². The number of fused-ring (bicyclic) bond motifs is 1. The molecule has 0 aromatic carbocycles. The van der Waals surface area contributed by atoms with E-state index in [1.165, 1.54) is 0 Å². The smallest absolute Gasteiger partial charge is 0.100 e. The molecular weight excluding hydrogens is 272 g/mol. The molecule has 11 heavy (non-hydrogen) atoms. The lowest BCUT2D eigenvalue weighted by Crippen LogP contribution is -1.83. The summed E-state index contributed by atoms with van der Waals surface area (Å²) in [4.78, 5) is 4.02. The van der Waals surface area contributed by atoms with Crippen LogP contribution < -0.4 is 0 Å². The molecule has 0 amide bonds. The molecule has 0 fully saturated rings. The zero-order valence-corrected chi connectivity index (χ0v) is 8.63. The lowest BCUT2D eigenvalue weighted by Gasteiger charge is -1.97. The van der Waals surface area contributed by atoms with E-state index in [0.717, 1.165) is 14.6 Å².